The summed E-state index contributed by atoms with van der Waals surface area (Å²) in [4.78, 5) is 12.8. The fourth-order valence-corrected chi connectivity index (χ4v) is 3.83. The number of carbonyl (C=O) groups is 1. The molecular weight excluding hydrogens is 430 g/mol. The van der Waals surface area contributed by atoms with Crippen molar-refractivity contribution in [1.29, 1.82) is 0 Å². The zero-order valence-electron chi connectivity index (χ0n) is 19.9. The first kappa shape index (κ1) is 23.0. The number of hydrogen-bond acceptors (Lipinski definition) is 5. The SMILES string of the molecule is COc1ccc(NC(=O)/C=C(\C)c2cc3c(-c4ccc(C)cc4)coc3cc2OC)c(OC)c1. The summed E-state index contributed by atoms with van der Waals surface area (Å²) in [6.45, 7) is 3.93. The van der Waals surface area contributed by atoms with Gasteiger partial charge in [0.2, 0.25) is 5.91 Å². The highest BCUT2D eigenvalue weighted by Crippen LogP contribution is 2.37. The molecule has 1 aromatic heterocycles. The molecule has 34 heavy (non-hydrogen) atoms. The molecule has 4 aromatic rings. The molecule has 0 atom stereocenters. The van der Waals surface area contributed by atoms with Crippen LogP contribution in [-0.2, 0) is 4.79 Å². The van der Waals surface area contributed by atoms with Crippen LogP contribution in [0.1, 0.15) is 18.1 Å². The van der Waals surface area contributed by atoms with Crippen molar-refractivity contribution in [3.63, 3.8) is 0 Å². The van der Waals surface area contributed by atoms with Crippen LogP contribution in [-0.4, -0.2) is 27.2 Å². The van der Waals surface area contributed by atoms with E-state index >= 15 is 0 Å². The number of allylic oxidation sites excluding steroid dienone is 1. The zero-order valence-corrected chi connectivity index (χ0v) is 19.9. The van der Waals surface area contributed by atoms with Crippen molar-refractivity contribution in [1.82, 2.24) is 0 Å². The van der Waals surface area contributed by atoms with Crippen molar-refractivity contribution >= 4 is 28.1 Å². The molecule has 0 aliphatic rings. The molecule has 0 unspecified atom stereocenters. The average molecular weight is 458 g/mol. The van der Waals surface area contributed by atoms with E-state index in [1.807, 2.05) is 19.1 Å². The highest BCUT2D eigenvalue weighted by Gasteiger charge is 2.15. The second-order valence-corrected chi connectivity index (χ2v) is 7.95. The van der Waals surface area contributed by atoms with Gasteiger partial charge in [-0.2, -0.15) is 0 Å². The van der Waals surface area contributed by atoms with Crippen molar-refractivity contribution in [2.75, 3.05) is 26.6 Å². The molecule has 0 saturated heterocycles. The van der Waals surface area contributed by atoms with Gasteiger partial charge in [0, 0.05) is 34.7 Å². The zero-order chi connectivity index (χ0) is 24.2. The first-order valence-electron chi connectivity index (χ1n) is 10.8. The van der Waals surface area contributed by atoms with Crippen molar-refractivity contribution in [2.45, 2.75) is 13.8 Å². The lowest BCUT2D eigenvalue weighted by Crippen LogP contribution is -2.10. The third-order valence-electron chi connectivity index (χ3n) is 5.70. The number of benzene rings is 3. The van der Waals surface area contributed by atoms with Gasteiger partial charge in [-0.1, -0.05) is 29.8 Å². The molecule has 0 aliphatic heterocycles. The Balaban J connectivity index is 1.68. The largest absolute Gasteiger partial charge is 0.497 e. The fraction of sp³-hybridized carbons (Fsp3) is 0.179. The topological polar surface area (TPSA) is 69.9 Å². The lowest BCUT2D eigenvalue weighted by molar-refractivity contribution is -0.111. The van der Waals surface area contributed by atoms with E-state index in [4.69, 9.17) is 18.6 Å². The number of aryl methyl sites for hydroxylation is 1. The Morgan fingerprint density at radius 3 is 2.32 bits per heavy atom. The van der Waals surface area contributed by atoms with Crippen LogP contribution in [0.2, 0.25) is 0 Å². The second kappa shape index (κ2) is 9.75. The molecule has 0 radical (unpaired) electrons. The molecule has 0 spiro atoms. The first-order valence-corrected chi connectivity index (χ1v) is 10.8. The van der Waals surface area contributed by atoms with Gasteiger partial charge in [-0.15, -0.1) is 0 Å². The molecule has 1 heterocycles. The van der Waals surface area contributed by atoms with Gasteiger partial charge in [-0.3, -0.25) is 4.79 Å². The summed E-state index contributed by atoms with van der Waals surface area (Å²) in [5.74, 6) is 1.50. The quantitative estimate of drug-likeness (QED) is 0.322. The number of carbonyl (C=O) groups excluding carboxylic acids is 1. The number of rotatable bonds is 7. The molecular formula is C28H27NO5. The number of anilines is 1. The minimum Gasteiger partial charge on any atom is -0.497 e. The maximum Gasteiger partial charge on any atom is 0.248 e. The molecule has 6 nitrogen and oxygen atoms in total. The molecule has 3 aromatic carbocycles. The maximum absolute atomic E-state index is 12.8. The predicted octanol–water partition coefficient (Wildman–Crippen LogP) is 6.48. The summed E-state index contributed by atoms with van der Waals surface area (Å²) >= 11 is 0. The van der Waals surface area contributed by atoms with Crippen LogP contribution >= 0.6 is 0 Å². The Morgan fingerprint density at radius 1 is 0.912 bits per heavy atom. The lowest BCUT2D eigenvalue weighted by atomic mass is 9.99. The smallest absolute Gasteiger partial charge is 0.248 e. The van der Waals surface area contributed by atoms with E-state index in [1.54, 1.807) is 51.9 Å². The first-order chi connectivity index (χ1) is 16.4. The van der Waals surface area contributed by atoms with Crippen molar-refractivity contribution in [2.24, 2.45) is 0 Å². The van der Waals surface area contributed by atoms with Crippen LogP contribution in [0.15, 0.2) is 71.4 Å². The highest BCUT2D eigenvalue weighted by atomic mass is 16.5. The van der Waals surface area contributed by atoms with Gasteiger partial charge in [0.05, 0.1) is 33.3 Å². The maximum atomic E-state index is 12.8. The number of nitrogens with one attached hydrogen (secondary N) is 1. The normalized spacial score (nSPS) is 11.4. The molecule has 1 amide bonds. The standard InChI is InChI=1S/C28H27NO5/c1-17-6-8-19(9-7-17)23-16-34-26-15-25(32-4)21(14-22(23)26)18(2)12-28(30)29-24-11-10-20(31-3)13-27(24)33-5/h6-16H,1-5H3,(H,29,30)/b18-12+. The van der Waals surface area contributed by atoms with Crippen LogP contribution in [0, 0.1) is 6.92 Å². The summed E-state index contributed by atoms with van der Waals surface area (Å²) in [6.07, 6.45) is 3.29. The van der Waals surface area contributed by atoms with E-state index in [1.165, 1.54) is 5.56 Å². The van der Waals surface area contributed by atoms with E-state index in [0.717, 1.165) is 33.2 Å². The molecule has 6 heteroatoms. The monoisotopic (exact) mass is 457 g/mol. The van der Waals surface area contributed by atoms with E-state index in [9.17, 15) is 4.79 Å². The summed E-state index contributed by atoms with van der Waals surface area (Å²) < 4.78 is 22.0. The third-order valence-corrected chi connectivity index (χ3v) is 5.70. The van der Waals surface area contributed by atoms with Crippen molar-refractivity contribution in [3.8, 4) is 28.4 Å². The average Bonchev–Trinajstić information content (AvgIpc) is 3.26. The summed E-state index contributed by atoms with van der Waals surface area (Å²) in [5.41, 5.74) is 6.07. The van der Waals surface area contributed by atoms with E-state index in [2.05, 4.69) is 36.5 Å². The van der Waals surface area contributed by atoms with Crippen molar-refractivity contribution in [3.05, 3.63) is 78.1 Å². The molecule has 174 valence electrons. The minimum absolute atomic E-state index is 0.283. The third kappa shape index (κ3) is 4.62. The van der Waals surface area contributed by atoms with E-state index < -0.39 is 0 Å². The lowest BCUT2D eigenvalue weighted by Gasteiger charge is -2.12. The van der Waals surface area contributed by atoms with Crippen molar-refractivity contribution < 1.29 is 23.4 Å². The van der Waals surface area contributed by atoms with Gasteiger partial charge < -0.3 is 23.9 Å². The number of fused-ring (bicyclic) bond motifs is 1. The second-order valence-electron chi connectivity index (χ2n) is 7.95. The molecule has 0 aliphatic carbocycles. The van der Waals surface area contributed by atoms with Gasteiger partial charge in [0.25, 0.3) is 0 Å². The minimum atomic E-state index is -0.283. The Bertz CT molecular complexity index is 1370. The Kier molecular flexibility index (Phi) is 6.59. The van der Waals surface area contributed by atoms with E-state index in [0.29, 0.717) is 22.9 Å². The molecule has 0 fully saturated rings. The van der Waals surface area contributed by atoms with Crippen LogP contribution in [0.3, 0.4) is 0 Å². The Morgan fingerprint density at radius 2 is 1.65 bits per heavy atom. The van der Waals surface area contributed by atoms with Gasteiger partial charge in [-0.05, 0) is 43.2 Å². The summed E-state index contributed by atoms with van der Waals surface area (Å²) in [7, 11) is 4.72. The number of ether oxygens (including phenoxy) is 3. The van der Waals surface area contributed by atoms with Gasteiger partial charge in [0.15, 0.2) is 0 Å². The predicted molar refractivity (Wildman–Crippen MR) is 135 cm³/mol. The molecule has 1 N–H and O–H groups in total. The highest BCUT2D eigenvalue weighted by molar-refractivity contribution is 6.06. The van der Waals surface area contributed by atoms with Gasteiger partial charge >= 0.3 is 0 Å². The van der Waals surface area contributed by atoms with Crippen LogP contribution in [0.4, 0.5) is 5.69 Å². The number of amides is 1. The van der Waals surface area contributed by atoms with Gasteiger partial charge in [0.1, 0.15) is 22.8 Å². The Labute approximate surface area is 198 Å². The number of methoxy groups -OCH3 is 3. The molecule has 0 bridgehead atoms. The number of hydrogen-bond donors (Lipinski definition) is 1. The summed E-state index contributed by atoms with van der Waals surface area (Å²) in [5, 5.41) is 3.82. The van der Waals surface area contributed by atoms with Gasteiger partial charge in [-0.25, -0.2) is 0 Å². The van der Waals surface area contributed by atoms with E-state index in [-0.39, 0.29) is 5.91 Å². The Hall–Kier alpha value is -4.19. The van der Waals surface area contributed by atoms with Crippen LogP contribution < -0.4 is 19.5 Å². The number of furan rings is 1. The molecule has 0 saturated carbocycles. The van der Waals surface area contributed by atoms with Crippen LogP contribution in [0.25, 0.3) is 27.7 Å². The van der Waals surface area contributed by atoms with Crippen LogP contribution in [0.5, 0.6) is 17.2 Å². The summed E-state index contributed by atoms with van der Waals surface area (Å²) in [6, 6.07) is 17.4. The molecule has 4 rings (SSSR count). The fourth-order valence-electron chi connectivity index (χ4n) is 3.83.